The average molecular weight is 459 g/mol. The molecule has 0 spiro atoms. The van der Waals surface area contributed by atoms with Crippen LogP contribution >= 0.6 is 0 Å². The van der Waals surface area contributed by atoms with Gasteiger partial charge in [0.25, 0.3) is 0 Å². The summed E-state index contributed by atoms with van der Waals surface area (Å²) in [5, 5.41) is 10.4. The van der Waals surface area contributed by atoms with Gasteiger partial charge in [-0.05, 0) is 91.3 Å². The second-order valence-electron chi connectivity index (χ2n) is 9.99. The van der Waals surface area contributed by atoms with Crippen molar-refractivity contribution in [3.8, 4) is 22.3 Å². The van der Waals surface area contributed by atoms with Gasteiger partial charge >= 0.3 is 0 Å². The van der Waals surface area contributed by atoms with Crippen molar-refractivity contribution < 1.29 is 0 Å². The lowest BCUT2D eigenvalue weighted by Crippen LogP contribution is -1.85. The summed E-state index contributed by atoms with van der Waals surface area (Å²) in [6.45, 7) is 4.26. The van der Waals surface area contributed by atoms with Gasteiger partial charge in [-0.3, -0.25) is 0 Å². The van der Waals surface area contributed by atoms with Crippen molar-refractivity contribution in [1.82, 2.24) is 0 Å². The van der Waals surface area contributed by atoms with Crippen molar-refractivity contribution in [3.63, 3.8) is 0 Å². The second kappa shape index (κ2) is 8.07. The minimum Gasteiger partial charge on any atom is -0.0587 e. The van der Waals surface area contributed by atoms with E-state index < -0.39 is 0 Å². The number of hydrogen-bond acceptors (Lipinski definition) is 0. The third kappa shape index (κ3) is 3.38. The van der Waals surface area contributed by atoms with Crippen LogP contribution in [0.1, 0.15) is 11.1 Å². The quantitative estimate of drug-likeness (QED) is 0.226. The molecule has 0 atom stereocenters. The SMILES string of the molecule is Cc1ccc(-c2ccc3c(ccc4c3ccc3c5ccc(-c6ccc(C)cc6)cc5ccc34)c2)cc1. The van der Waals surface area contributed by atoms with E-state index in [2.05, 4.69) is 135 Å². The molecule has 0 N–H and O–H groups in total. The van der Waals surface area contributed by atoms with Crippen LogP contribution in [0.5, 0.6) is 0 Å². The minimum atomic E-state index is 1.26. The van der Waals surface area contributed by atoms with Crippen LogP contribution in [0, 0.1) is 13.8 Å². The van der Waals surface area contributed by atoms with Crippen molar-refractivity contribution in [1.29, 1.82) is 0 Å². The molecule has 0 aliphatic rings. The Labute approximate surface area is 211 Å². The van der Waals surface area contributed by atoms with Crippen LogP contribution in [0.25, 0.3) is 65.3 Å². The Morgan fingerprint density at radius 1 is 0.278 bits per heavy atom. The van der Waals surface area contributed by atoms with Gasteiger partial charge < -0.3 is 0 Å². The zero-order valence-electron chi connectivity index (χ0n) is 20.5. The molecule has 7 aromatic carbocycles. The van der Waals surface area contributed by atoms with E-state index in [1.807, 2.05) is 0 Å². The lowest BCUT2D eigenvalue weighted by atomic mass is 9.92. The van der Waals surface area contributed by atoms with Gasteiger partial charge in [-0.2, -0.15) is 0 Å². The highest BCUT2D eigenvalue weighted by atomic mass is 14.1. The molecule has 0 radical (unpaired) electrons. The molecule has 7 rings (SSSR count). The summed E-state index contributed by atoms with van der Waals surface area (Å²) >= 11 is 0. The summed E-state index contributed by atoms with van der Waals surface area (Å²) < 4.78 is 0. The van der Waals surface area contributed by atoms with Gasteiger partial charge in [-0.25, -0.2) is 0 Å². The summed E-state index contributed by atoms with van der Waals surface area (Å²) in [5.41, 5.74) is 7.62. The maximum absolute atomic E-state index is 2.32. The molecular formula is C36H26. The number of fused-ring (bicyclic) bond motifs is 7. The molecule has 7 aromatic rings. The Bertz CT molecular complexity index is 1780. The average Bonchev–Trinajstić information content (AvgIpc) is 2.92. The maximum Gasteiger partial charge on any atom is -0.00987 e. The normalized spacial score (nSPS) is 11.6. The van der Waals surface area contributed by atoms with E-state index in [4.69, 9.17) is 0 Å². The highest BCUT2D eigenvalue weighted by Gasteiger charge is 2.09. The summed E-state index contributed by atoms with van der Waals surface area (Å²) in [7, 11) is 0. The molecule has 0 saturated carbocycles. The molecule has 0 amide bonds. The van der Waals surface area contributed by atoms with Crippen molar-refractivity contribution in [3.05, 3.63) is 132 Å². The van der Waals surface area contributed by atoms with E-state index in [0.29, 0.717) is 0 Å². The molecule has 0 aromatic heterocycles. The first-order valence-electron chi connectivity index (χ1n) is 12.6. The zero-order valence-corrected chi connectivity index (χ0v) is 20.5. The van der Waals surface area contributed by atoms with Crippen LogP contribution in [0.2, 0.25) is 0 Å². The predicted molar refractivity (Wildman–Crippen MR) is 157 cm³/mol. The van der Waals surface area contributed by atoms with Crippen LogP contribution < -0.4 is 0 Å². The molecule has 0 heterocycles. The van der Waals surface area contributed by atoms with Crippen LogP contribution in [-0.4, -0.2) is 0 Å². The number of rotatable bonds is 2. The predicted octanol–water partition coefficient (Wildman–Crippen LogP) is 10.3. The highest BCUT2D eigenvalue weighted by molar-refractivity contribution is 6.22. The Morgan fingerprint density at radius 2 is 0.583 bits per heavy atom. The first kappa shape index (κ1) is 20.9. The van der Waals surface area contributed by atoms with E-state index in [1.165, 1.54) is 76.5 Å². The molecule has 0 saturated heterocycles. The molecule has 0 bridgehead atoms. The summed E-state index contributed by atoms with van der Waals surface area (Å²) in [6.07, 6.45) is 0. The topological polar surface area (TPSA) is 0 Å². The molecule has 0 aliphatic carbocycles. The maximum atomic E-state index is 2.32. The fourth-order valence-corrected chi connectivity index (χ4v) is 5.55. The fourth-order valence-electron chi connectivity index (χ4n) is 5.55. The van der Waals surface area contributed by atoms with Gasteiger partial charge in [-0.1, -0.05) is 120 Å². The van der Waals surface area contributed by atoms with Gasteiger partial charge in [-0.15, -0.1) is 0 Å². The van der Waals surface area contributed by atoms with Gasteiger partial charge in [0, 0.05) is 0 Å². The standard InChI is InChI=1S/C36H26/c1-23-3-7-25(8-4-23)27-11-15-31-29(21-27)13-17-35-33(31)19-20-34-32-16-12-28(22-30(32)14-18-36(34)35)26-9-5-24(2)6-10-26/h3-22H,1-2H3. The van der Waals surface area contributed by atoms with Crippen molar-refractivity contribution in [2.75, 3.05) is 0 Å². The van der Waals surface area contributed by atoms with Crippen LogP contribution in [0.3, 0.4) is 0 Å². The van der Waals surface area contributed by atoms with Gasteiger partial charge in [0.1, 0.15) is 0 Å². The van der Waals surface area contributed by atoms with Crippen LogP contribution in [0.15, 0.2) is 121 Å². The second-order valence-corrected chi connectivity index (χ2v) is 9.99. The summed E-state index contributed by atoms with van der Waals surface area (Å²) in [6, 6.07) is 45.0. The molecule has 0 aliphatic heterocycles. The van der Waals surface area contributed by atoms with Gasteiger partial charge in [0.2, 0.25) is 0 Å². The van der Waals surface area contributed by atoms with Gasteiger partial charge in [0.15, 0.2) is 0 Å². The highest BCUT2D eigenvalue weighted by Crippen LogP contribution is 2.37. The van der Waals surface area contributed by atoms with E-state index in [0.717, 1.165) is 0 Å². The fraction of sp³-hybridized carbons (Fsp3) is 0.0556. The lowest BCUT2D eigenvalue weighted by Gasteiger charge is -2.12. The molecular weight excluding hydrogens is 432 g/mol. The lowest BCUT2D eigenvalue weighted by molar-refractivity contribution is 1.47. The van der Waals surface area contributed by atoms with Crippen molar-refractivity contribution in [2.45, 2.75) is 13.8 Å². The Kier molecular flexibility index (Phi) is 4.69. The largest absolute Gasteiger partial charge is 0.0587 e. The minimum absolute atomic E-state index is 1.26. The molecule has 0 heteroatoms. The zero-order chi connectivity index (χ0) is 24.2. The Balaban J connectivity index is 1.37. The van der Waals surface area contributed by atoms with Crippen molar-refractivity contribution in [2.24, 2.45) is 0 Å². The Morgan fingerprint density at radius 3 is 1.00 bits per heavy atom. The first-order valence-corrected chi connectivity index (χ1v) is 12.6. The molecule has 170 valence electrons. The summed E-state index contributed by atoms with van der Waals surface area (Å²) in [5.74, 6) is 0. The van der Waals surface area contributed by atoms with Crippen LogP contribution in [0.4, 0.5) is 0 Å². The van der Waals surface area contributed by atoms with Gasteiger partial charge in [0.05, 0.1) is 0 Å². The third-order valence-electron chi connectivity index (χ3n) is 7.60. The first-order chi connectivity index (χ1) is 17.6. The van der Waals surface area contributed by atoms with E-state index >= 15 is 0 Å². The van der Waals surface area contributed by atoms with Crippen LogP contribution in [-0.2, 0) is 0 Å². The van der Waals surface area contributed by atoms with E-state index in [1.54, 1.807) is 0 Å². The number of hydrogen-bond donors (Lipinski definition) is 0. The number of benzene rings is 7. The van der Waals surface area contributed by atoms with E-state index in [9.17, 15) is 0 Å². The monoisotopic (exact) mass is 458 g/mol. The third-order valence-corrected chi connectivity index (χ3v) is 7.60. The van der Waals surface area contributed by atoms with E-state index in [-0.39, 0.29) is 0 Å². The Hall–Kier alpha value is -4.42. The number of aryl methyl sites for hydroxylation is 2. The summed E-state index contributed by atoms with van der Waals surface area (Å²) in [4.78, 5) is 0. The smallest absolute Gasteiger partial charge is 0.00987 e. The van der Waals surface area contributed by atoms with Crippen molar-refractivity contribution >= 4 is 43.1 Å². The molecule has 0 unspecified atom stereocenters. The molecule has 0 nitrogen and oxygen atoms in total. The molecule has 0 fully saturated rings. The molecule has 36 heavy (non-hydrogen) atoms.